The summed E-state index contributed by atoms with van der Waals surface area (Å²) >= 11 is 1.51. The fourth-order valence-corrected chi connectivity index (χ4v) is 4.53. The molecule has 0 atom stereocenters. The van der Waals surface area contributed by atoms with Crippen LogP contribution in [0.4, 0.5) is 0 Å². The molecule has 166 valence electrons. The Morgan fingerprint density at radius 3 is 2.52 bits per heavy atom. The number of carbonyl (C=O) groups is 1. The molecule has 0 spiro atoms. The van der Waals surface area contributed by atoms with Crippen molar-refractivity contribution in [2.45, 2.75) is 72.3 Å². The largest absolute Gasteiger partial charge is 0.351 e. The minimum atomic E-state index is 0.0138. The van der Waals surface area contributed by atoms with E-state index < -0.39 is 0 Å². The maximum absolute atomic E-state index is 12.5. The van der Waals surface area contributed by atoms with Crippen molar-refractivity contribution < 1.29 is 4.79 Å². The normalized spacial score (nSPS) is 11.1. The summed E-state index contributed by atoms with van der Waals surface area (Å²) in [6.45, 7) is 12.6. The van der Waals surface area contributed by atoms with Gasteiger partial charge in [0.05, 0.1) is 23.7 Å². The number of amides is 1. The first-order chi connectivity index (χ1) is 14.9. The lowest BCUT2D eigenvalue weighted by molar-refractivity contribution is -0.118. The Hall–Kier alpha value is -2.54. The van der Waals surface area contributed by atoms with Gasteiger partial charge in [0.1, 0.15) is 0 Å². The number of benzene rings is 1. The van der Waals surface area contributed by atoms with Gasteiger partial charge in [-0.3, -0.25) is 9.48 Å². The van der Waals surface area contributed by atoms with E-state index in [-0.39, 0.29) is 5.91 Å². The summed E-state index contributed by atoms with van der Waals surface area (Å²) in [4.78, 5) is 17.2. The number of carbonyl (C=O) groups excluding carboxylic acids is 1. The van der Waals surface area contributed by atoms with Gasteiger partial charge in [-0.05, 0) is 39.7 Å². The van der Waals surface area contributed by atoms with Crippen LogP contribution in [0.1, 0.15) is 53.7 Å². The standard InChI is InChI=1S/C24H33N5OS/c1-6-7-13-28-19(4)17(2)26-24(28)31-16-23(30)25-14-22-18(3)27-29(20(22)5)15-21-11-9-8-10-12-21/h8-12H,6-7,13-16H2,1-5H3,(H,25,30). The maximum Gasteiger partial charge on any atom is 0.230 e. The van der Waals surface area contributed by atoms with E-state index >= 15 is 0 Å². The van der Waals surface area contributed by atoms with E-state index in [1.54, 1.807) is 0 Å². The fraction of sp³-hybridized carbons (Fsp3) is 0.458. The van der Waals surface area contributed by atoms with Crippen LogP contribution >= 0.6 is 11.8 Å². The van der Waals surface area contributed by atoms with Crippen LogP contribution in [0.2, 0.25) is 0 Å². The van der Waals surface area contributed by atoms with Crippen LogP contribution in [0, 0.1) is 27.7 Å². The highest BCUT2D eigenvalue weighted by Crippen LogP contribution is 2.22. The molecular formula is C24H33N5OS. The molecule has 2 aromatic heterocycles. The zero-order chi connectivity index (χ0) is 22.4. The SMILES string of the molecule is CCCCn1c(SCC(=O)NCc2c(C)nn(Cc3ccccc3)c2C)nc(C)c1C. The predicted octanol–water partition coefficient (Wildman–Crippen LogP) is 4.57. The van der Waals surface area contributed by atoms with Crippen molar-refractivity contribution in [1.29, 1.82) is 0 Å². The van der Waals surface area contributed by atoms with Crippen molar-refractivity contribution in [3.63, 3.8) is 0 Å². The molecule has 2 heterocycles. The zero-order valence-corrected chi connectivity index (χ0v) is 20.1. The highest BCUT2D eigenvalue weighted by molar-refractivity contribution is 7.99. The minimum Gasteiger partial charge on any atom is -0.351 e. The zero-order valence-electron chi connectivity index (χ0n) is 19.2. The van der Waals surface area contributed by atoms with Gasteiger partial charge >= 0.3 is 0 Å². The molecule has 3 aromatic rings. The Labute approximate surface area is 189 Å². The van der Waals surface area contributed by atoms with Crippen molar-refractivity contribution >= 4 is 17.7 Å². The van der Waals surface area contributed by atoms with Crippen LogP contribution in [0.25, 0.3) is 0 Å². The average molecular weight is 440 g/mol. The first-order valence-electron chi connectivity index (χ1n) is 10.9. The van der Waals surface area contributed by atoms with Crippen molar-refractivity contribution in [3.05, 3.63) is 64.2 Å². The first kappa shape index (κ1) is 23.1. The van der Waals surface area contributed by atoms with Crippen molar-refractivity contribution in [2.24, 2.45) is 0 Å². The maximum atomic E-state index is 12.5. The molecule has 0 bridgehead atoms. The lowest BCUT2D eigenvalue weighted by atomic mass is 10.2. The van der Waals surface area contributed by atoms with Gasteiger partial charge in [-0.2, -0.15) is 5.10 Å². The Balaban J connectivity index is 1.57. The number of unbranched alkanes of at least 4 members (excludes halogenated alkanes) is 1. The van der Waals surface area contributed by atoms with E-state index in [2.05, 4.69) is 52.9 Å². The second-order valence-electron chi connectivity index (χ2n) is 7.93. The second-order valence-corrected chi connectivity index (χ2v) is 8.87. The number of hydrogen-bond donors (Lipinski definition) is 1. The number of imidazole rings is 1. The highest BCUT2D eigenvalue weighted by atomic mass is 32.2. The molecule has 1 N–H and O–H groups in total. The Bertz CT molecular complexity index is 1020. The topological polar surface area (TPSA) is 64.7 Å². The molecule has 0 aliphatic heterocycles. The van der Waals surface area contributed by atoms with Gasteiger partial charge in [-0.15, -0.1) is 0 Å². The molecule has 0 unspecified atom stereocenters. The lowest BCUT2D eigenvalue weighted by Gasteiger charge is -2.10. The van der Waals surface area contributed by atoms with Gasteiger partial charge in [-0.25, -0.2) is 4.98 Å². The fourth-order valence-electron chi connectivity index (χ4n) is 3.58. The monoisotopic (exact) mass is 439 g/mol. The second kappa shape index (κ2) is 10.7. The number of rotatable bonds is 10. The highest BCUT2D eigenvalue weighted by Gasteiger charge is 2.15. The van der Waals surface area contributed by atoms with Crippen LogP contribution in [0.5, 0.6) is 0 Å². The number of nitrogens with one attached hydrogen (secondary N) is 1. The molecule has 6 nitrogen and oxygen atoms in total. The summed E-state index contributed by atoms with van der Waals surface area (Å²) in [5, 5.41) is 8.67. The van der Waals surface area contributed by atoms with Crippen LogP contribution in [-0.2, 0) is 24.4 Å². The molecule has 1 aromatic carbocycles. The van der Waals surface area contributed by atoms with Crippen LogP contribution in [0.3, 0.4) is 0 Å². The number of aromatic nitrogens is 4. The number of thioether (sulfide) groups is 1. The first-order valence-corrected chi connectivity index (χ1v) is 11.9. The van der Waals surface area contributed by atoms with Crippen LogP contribution in [0.15, 0.2) is 35.5 Å². The molecule has 0 saturated heterocycles. The molecule has 0 radical (unpaired) electrons. The van der Waals surface area contributed by atoms with E-state index in [0.717, 1.165) is 53.7 Å². The molecule has 31 heavy (non-hydrogen) atoms. The summed E-state index contributed by atoms with van der Waals surface area (Å²) in [7, 11) is 0. The van der Waals surface area contributed by atoms with Gasteiger partial charge in [0.25, 0.3) is 0 Å². The molecular weight excluding hydrogens is 406 g/mol. The van der Waals surface area contributed by atoms with Gasteiger partial charge in [0.15, 0.2) is 5.16 Å². The van der Waals surface area contributed by atoms with Gasteiger partial charge in [0.2, 0.25) is 5.91 Å². The van der Waals surface area contributed by atoms with E-state index in [1.807, 2.05) is 36.7 Å². The molecule has 7 heteroatoms. The molecule has 0 aliphatic carbocycles. The van der Waals surface area contributed by atoms with E-state index in [1.165, 1.54) is 23.0 Å². The Morgan fingerprint density at radius 2 is 1.81 bits per heavy atom. The molecule has 0 aliphatic rings. The number of nitrogens with zero attached hydrogens (tertiary/aromatic N) is 4. The van der Waals surface area contributed by atoms with Gasteiger partial charge in [-0.1, -0.05) is 55.4 Å². The van der Waals surface area contributed by atoms with Gasteiger partial charge in [0, 0.05) is 30.0 Å². The smallest absolute Gasteiger partial charge is 0.230 e. The quantitative estimate of drug-likeness (QED) is 0.470. The van der Waals surface area contributed by atoms with Gasteiger partial charge < -0.3 is 9.88 Å². The summed E-state index contributed by atoms with van der Waals surface area (Å²) < 4.78 is 4.25. The van der Waals surface area contributed by atoms with Crippen LogP contribution < -0.4 is 5.32 Å². The third-order valence-electron chi connectivity index (χ3n) is 5.66. The third kappa shape index (κ3) is 5.79. The third-order valence-corrected chi connectivity index (χ3v) is 6.64. The van der Waals surface area contributed by atoms with Crippen molar-refractivity contribution in [1.82, 2.24) is 24.6 Å². The Kier molecular flexibility index (Phi) is 7.96. The van der Waals surface area contributed by atoms with Crippen molar-refractivity contribution in [3.8, 4) is 0 Å². The molecule has 0 saturated carbocycles. The predicted molar refractivity (Wildman–Crippen MR) is 126 cm³/mol. The summed E-state index contributed by atoms with van der Waals surface area (Å²) in [6.07, 6.45) is 2.25. The number of hydrogen-bond acceptors (Lipinski definition) is 4. The summed E-state index contributed by atoms with van der Waals surface area (Å²) in [6, 6.07) is 10.3. The minimum absolute atomic E-state index is 0.0138. The van der Waals surface area contributed by atoms with E-state index in [4.69, 9.17) is 0 Å². The molecule has 0 fully saturated rings. The van der Waals surface area contributed by atoms with Crippen molar-refractivity contribution in [2.75, 3.05) is 5.75 Å². The summed E-state index contributed by atoms with van der Waals surface area (Å²) in [5.41, 5.74) is 6.58. The molecule has 1 amide bonds. The average Bonchev–Trinajstić information content (AvgIpc) is 3.18. The summed E-state index contributed by atoms with van der Waals surface area (Å²) in [5.74, 6) is 0.373. The Morgan fingerprint density at radius 1 is 1.06 bits per heavy atom. The van der Waals surface area contributed by atoms with Crippen LogP contribution in [-0.4, -0.2) is 31.0 Å². The van der Waals surface area contributed by atoms with E-state index in [0.29, 0.717) is 12.3 Å². The lowest BCUT2D eigenvalue weighted by Crippen LogP contribution is -2.25. The molecule has 3 rings (SSSR count). The number of aryl methyl sites for hydroxylation is 2. The van der Waals surface area contributed by atoms with E-state index in [9.17, 15) is 4.79 Å².